The molecule has 0 aliphatic rings. The van der Waals surface area contributed by atoms with Crippen molar-refractivity contribution in [2.24, 2.45) is 0 Å². The summed E-state index contributed by atoms with van der Waals surface area (Å²) in [5.41, 5.74) is -0.282. The Kier molecular flexibility index (Phi) is 3.56. The van der Waals surface area contributed by atoms with E-state index in [1.54, 1.807) is 6.07 Å². The minimum absolute atomic E-state index is 0.232. The molecule has 0 aliphatic heterocycles. The first-order valence-electron chi connectivity index (χ1n) is 4.32. The van der Waals surface area contributed by atoms with Crippen LogP contribution in [0.1, 0.15) is 27.2 Å². The van der Waals surface area contributed by atoms with Crippen molar-refractivity contribution in [2.45, 2.75) is 32.8 Å². The van der Waals surface area contributed by atoms with Gasteiger partial charge in [-0.15, -0.1) is 10.2 Å². The Bertz CT molecular complexity index is 329. The van der Waals surface area contributed by atoms with Crippen molar-refractivity contribution in [3.05, 3.63) is 16.4 Å². The molecule has 0 fully saturated rings. The smallest absolute Gasteiger partial charge is 0.193 e. The molecule has 0 saturated heterocycles. The van der Waals surface area contributed by atoms with Crippen LogP contribution in [0.3, 0.4) is 0 Å². The largest absolute Gasteiger partial charge is 0.484 e. The fraction of sp³-hybridized carbons (Fsp3) is 0.556. The van der Waals surface area contributed by atoms with Gasteiger partial charge in [0.25, 0.3) is 0 Å². The second-order valence-electron chi connectivity index (χ2n) is 3.54. The summed E-state index contributed by atoms with van der Waals surface area (Å²) in [4.78, 5) is 0. The Labute approximate surface area is 93.4 Å². The standard InChI is InChI=1S/C9H12Cl2N2O/c1-4-9(2,3)14-6-5-7(10)12-13-8(6)11/h5H,4H2,1-3H3. The molecule has 5 heteroatoms. The van der Waals surface area contributed by atoms with Crippen LogP contribution in [0.2, 0.25) is 10.3 Å². The lowest BCUT2D eigenvalue weighted by Crippen LogP contribution is -2.27. The molecule has 0 radical (unpaired) electrons. The highest BCUT2D eigenvalue weighted by Gasteiger charge is 2.19. The fourth-order valence-electron chi connectivity index (χ4n) is 0.779. The Balaban J connectivity index is 2.91. The van der Waals surface area contributed by atoms with Crippen LogP contribution in [0.25, 0.3) is 0 Å². The number of rotatable bonds is 3. The van der Waals surface area contributed by atoms with Crippen molar-refractivity contribution in [3.8, 4) is 5.75 Å². The zero-order chi connectivity index (χ0) is 10.8. The van der Waals surface area contributed by atoms with Crippen LogP contribution in [-0.4, -0.2) is 15.8 Å². The zero-order valence-electron chi connectivity index (χ0n) is 8.34. The predicted molar refractivity (Wildman–Crippen MR) is 57.1 cm³/mol. The van der Waals surface area contributed by atoms with Gasteiger partial charge in [-0.2, -0.15) is 0 Å². The van der Waals surface area contributed by atoms with E-state index in [-0.39, 0.29) is 15.9 Å². The molecule has 1 aromatic heterocycles. The lowest BCUT2D eigenvalue weighted by Gasteiger charge is -2.24. The van der Waals surface area contributed by atoms with Gasteiger partial charge in [0.2, 0.25) is 0 Å². The summed E-state index contributed by atoms with van der Waals surface area (Å²) >= 11 is 11.5. The average molecular weight is 235 g/mol. The van der Waals surface area contributed by atoms with Crippen LogP contribution in [0, 0.1) is 0 Å². The van der Waals surface area contributed by atoms with Gasteiger partial charge in [-0.1, -0.05) is 30.1 Å². The molecule has 0 bridgehead atoms. The van der Waals surface area contributed by atoms with Crippen molar-refractivity contribution in [3.63, 3.8) is 0 Å². The van der Waals surface area contributed by atoms with Gasteiger partial charge < -0.3 is 4.74 Å². The highest BCUT2D eigenvalue weighted by Crippen LogP contribution is 2.28. The van der Waals surface area contributed by atoms with Crippen LogP contribution in [0.15, 0.2) is 6.07 Å². The Morgan fingerprint density at radius 2 is 2.00 bits per heavy atom. The maximum absolute atomic E-state index is 5.80. The molecule has 0 amide bonds. The molecule has 1 heterocycles. The topological polar surface area (TPSA) is 35.0 Å². The second-order valence-corrected chi connectivity index (χ2v) is 4.28. The van der Waals surface area contributed by atoms with Crippen LogP contribution in [-0.2, 0) is 0 Å². The van der Waals surface area contributed by atoms with Crippen molar-refractivity contribution in [2.75, 3.05) is 0 Å². The van der Waals surface area contributed by atoms with E-state index in [2.05, 4.69) is 10.2 Å². The van der Waals surface area contributed by atoms with Gasteiger partial charge in [0.15, 0.2) is 16.1 Å². The first kappa shape index (κ1) is 11.5. The maximum atomic E-state index is 5.80. The third-order valence-corrected chi connectivity index (χ3v) is 2.37. The van der Waals surface area contributed by atoms with Gasteiger partial charge in [0.1, 0.15) is 5.60 Å². The van der Waals surface area contributed by atoms with Crippen molar-refractivity contribution >= 4 is 23.2 Å². The quantitative estimate of drug-likeness (QED) is 0.805. The predicted octanol–water partition coefficient (Wildman–Crippen LogP) is 3.35. The number of ether oxygens (including phenoxy) is 1. The maximum Gasteiger partial charge on any atom is 0.193 e. The van der Waals surface area contributed by atoms with E-state index in [1.165, 1.54) is 0 Å². The first-order chi connectivity index (χ1) is 6.44. The van der Waals surface area contributed by atoms with E-state index in [1.807, 2.05) is 20.8 Å². The molecular formula is C9H12Cl2N2O. The number of hydrogen-bond acceptors (Lipinski definition) is 3. The lowest BCUT2D eigenvalue weighted by atomic mass is 10.1. The molecule has 78 valence electrons. The Morgan fingerprint density at radius 3 is 2.57 bits per heavy atom. The summed E-state index contributed by atoms with van der Waals surface area (Å²) in [6.07, 6.45) is 0.864. The van der Waals surface area contributed by atoms with Gasteiger partial charge in [-0.05, 0) is 20.3 Å². The molecule has 0 spiro atoms. The molecule has 0 atom stereocenters. The average Bonchev–Trinajstić information content (AvgIpc) is 2.11. The van der Waals surface area contributed by atoms with Crippen molar-refractivity contribution in [1.29, 1.82) is 0 Å². The third-order valence-electron chi connectivity index (χ3n) is 1.92. The summed E-state index contributed by atoms with van der Waals surface area (Å²) < 4.78 is 5.64. The number of halogens is 2. The Hall–Kier alpha value is -0.540. The number of aromatic nitrogens is 2. The van der Waals surface area contributed by atoms with E-state index < -0.39 is 0 Å². The molecular weight excluding hydrogens is 223 g/mol. The fourth-order valence-corrected chi connectivity index (χ4v) is 1.05. The van der Waals surface area contributed by atoms with Gasteiger partial charge in [-0.25, -0.2) is 0 Å². The molecule has 1 aromatic rings. The van der Waals surface area contributed by atoms with E-state index in [0.29, 0.717) is 5.75 Å². The van der Waals surface area contributed by atoms with Gasteiger partial charge in [-0.3, -0.25) is 0 Å². The molecule has 0 aromatic carbocycles. The van der Waals surface area contributed by atoms with E-state index in [0.717, 1.165) is 6.42 Å². The third kappa shape index (κ3) is 3.00. The van der Waals surface area contributed by atoms with E-state index in [4.69, 9.17) is 27.9 Å². The highest BCUT2D eigenvalue weighted by atomic mass is 35.5. The molecule has 0 unspecified atom stereocenters. The first-order valence-corrected chi connectivity index (χ1v) is 5.08. The summed E-state index contributed by atoms with van der Waals surface area (Å²) in [6, 6.07) is 1.56. The number of hydrogen-bond donors (Lipinski definition) is 0. The van der Waals surface area contributed by atoms with Gasteiger partial charge >= 0.3 is 0 Å². The molecule has 3 nitrogen and oxygen atoms in total. The van der Waals surface area contributed by atoms with Crippen molar-refractivity contribution in [1.82, 2.24) is 10.2 Å². The monoisotopic (exact) mass is 234 g/mol. The summed E-state index contributed by atoms with van der Waals surface area (Å²) in [6.45, 7) is 5.97. The van der Waals surface area contributed by atoms with Crippen LogP contribution in [0.4, 0.5) is 0 Å². The summed E-state index contributed by atoms with van der Waals surface area (Å²) in [7, 11) is 0. The molecule has 14 heavy (non-hydrogen) atoms. The minimum Gasteiger partial charge on any atom is -0.484 e. The molecule has 0 N–H and O–H groups in total. The van der Waals surface area contributed by atoms with E-state index >= 15 is 0 Å². The van der Waals surface area contributed by atoms with Gasteiger partial charge in [0.05, 0.1) is 0 Å². The minimum atomic E-state index is -0.282. The van der Waals surface area contributed by atoms with E-state index in [9.17, 15) is 0 Å². The van der Waals surface area contributed by atoms with Gasteiger partial charge in [0, 0.05) is 6.07 Å². The Morgan fingerprint density at radius 1 is 1.36 bits per heavy atom. The summed E-state index contributed by atoms with van der Waals surface area (Å²) in [5, 5.41) is 7.76. The van der Waals surface area contributed by atoms with Crippen molar-refractivity contribution < 1.29 is 4.74 Å². The molecule has 1 rings (SSSR count). The number of nitrogens with zero attached hydrogens (tertiary/aromatic N) is 2. The summed E-state index contributed by atoms with van der Waals surface area (Å²) in [5.74, 6) is 0.471. The van der Waals surface area contributed by atoms with Crippen LogP contribution < -0.4 is 4.74 Å². The van der Waals surface area contributed by atoms with Crippen LogP contribution in [0.5, 0.6) is 5.75 Å². The van der Waals surface area contributed by atoms with Crippen LogP contribution >= 0.6 is 23.2 Å². The highest BCUT2D eigenvalue weighted by molar-refractivity contribution is 6.32. The second kappa shape index (κ2) is 4.32. The normalized spacial score (nSPS) is 11.5. The lowest BCUT2D eigenvalue weighted by molar-refractivity contribution is 0.105. The SMILES string of the molecule is CCC(C)(C)Oc1cc(Cl)nnc1Cl. The molecule has 0 aliphatic carbocycles. The zero-order valence-corrected chi connectivity index (χ0v) is 9.85. The molecule has 0 saturated carbocycles.